The first-order chi connectivity index (χ1) is 8.66. The van der Waals surface area contributed by atoms with E-state index in [0.717, 1.165) is 0 Å². The first-order valence-electron chi connectivity index (χ1n) is 5.63. The molecule has 0 radical (unpaired) electrons. The van der Waals surface area contributed by atoms with Crippen LogP contribution in [-0.2, 0) is 7.05 Å². The molecule has 3 rings (SSSR count). The van der Waals surface area contributed by atoms with Gasteiger partial charge in [0, 0.05) is 7.05 Å². The molecule has 0 bridgehead atoms. The minimum absolute atomic E-state index is 0.0703. The monoisotopic (exact) mass is 262 g/mol. The van der Waals surface area contributed by atoms with Gasteiger partial charge in [-0.2, -0.15) is 0 Å². The Morgan fingerprint density at radius 2 is 2.22 bits per heavy atom. The lowest BCUT2D eigenvalue weighted by Crippen LogP contribution is -2.22. The highest BCUT2D eigenvalue weighted by Gasteiger charge is 2.30. The van der Waals surface area contributed by atoms with Crippen molar-refractivity contribution >= 4 is 17.4 Å². The molecule has 0 saturated carbocycles. The average Bonchev–Trinajstić information content (AvgIpc) is 2.70. The normalized spacial score (nSPS) is 18.3. The van der Waals surface area contributed by atoms with Gasteiger partial charge in [-0.15, -0.1) is 0 Å². The fraction of sp³-hybridized carbons (Fsp3) is 0.231. The molecule has 1 aliphatic heterocycles. The number of Topliss-reactive ketones (excluding diaryl/α,β-unsaturated/α-hetero) is 1. The van der Waals surface area contributed by atoms with Crippen LogP contribution >= 0.6 is 11.6 Å². The molecule has 5 heteroatoms. The molecule has 0 spiro atoms. The van der Waals surface area contributed by atoms with Gasteiger partial charge in [0.1, 0.15) is 10.9 Å². The van der Waals surface area contributed by atoms with Crippen molar-refractivity contribution in [2.75, 3.05) is 0 Å². The molecule has 0 N–H and O–H groups in total. The molecular formula is C13H11ClN2O2. The van der Waals surface area contributed by atoms with Crippen molar-refractivity contribution in [3.05, 3.63) is 47.0 Å². The van der Waals surface area contributed by atoms with E-state index in [1.807, 2.05) is 12.1 Å². The summed E-state index contributed by atoms with van der Waals surface area (Å²) in [7, 11) is 1.80. The summed E-state index contributed by atoms with van der Waals surface area (Å²) in [5.41, 5.74) is 0.633. The number of ether oxygens (including phenoxy) is 1. The zero-order valence-electron chi connectivity index (χ0n) is 9.76. The van der Waals surface area contributed by atoms with E-state index in [0.29, 0.717) is 22.3 Å². The van der Waals surface area contributed by atoms with E-state index in [9.17, 15) is 4.79 Å². The second-order valence-electron chi connectivity index (χ2n) is 4.23. The lowest BCUT2D eigenvalue weighted by Gasteiger charge is -2.24. The number of ketones is 1. The maximum atomic E-state index is 12.0. The molecule has 4 nitrogen and oxygen atoms in total. The number of imidazole rings is 1. The van der Waals surface area contributed by atoms with Crippen LogP contribution in [0.5, 0.6) is 5.75 Å². The number of para-hydroxylation sites is 1. The number of benzene rings is 1. The van der Waals surface area contributed by atoms with E-state index in [1.54, 1.807) is 29.9 Å². The number of nitrogens with zero attached hydrogens (tertiary/aromatic N) is 2. The van der Waals surface area contributed by atoms with Crippen LogP contribution in [0.1, 0.15) is 28.7 Å². The quantitative estimate of drug-likeness (QED) is 0.794. The Balaban J connectivity index is 1.99. The van der Waals surface area contributed by atoms with E-state index in [2.05, 4.69) is 4.98 Å². The molecule has 0 amide bonds. The minimum atomic E-state index is -0.370. The van der Waals surface area contributed by atoms with E-state index < -0.39 is 0 Å². The number of halogens is 1. The van der Waals surface area contributed by atoms with Crippen molar-refractivity contribution in [2.45, 2.75) is 12.5 Å². The number of carbonyl (C=O) groups is 1. The Morgan fingerprint density at radius 1 is 1.44 bits per heavy atom. The maximum Gasteiger partial charge on any atom is 0.170 e. The zero-order chi connectivity index (χ0) is 12.7. The minimum Gasteiger partial charge on any atom is -0.481 e. The summed E-state index contributed by atoms with van der Waals surface area (Å²) in [4.78, 5) is 16.2. The molecule has 0 unspecified atom stereocenters. The van der Waals surface area contributed by atoms with Crippen molar-refractivity contribution < 1.29 is 9.53 Å². The second kappa shape index (κ2) is 4.14. The van der Waals surface area contributed by atoms with E-state index in [1.165, 1.54) is 0 Å². The summed E-state index contributed by atoms with van der Waals surface area (Å²) in [6.45, 7) is 0. The molecule has 1 aliphatic rings. The molecular weight excluding hydrogens is 252 g/mol. The van der Waals surface area contributed by atoms with Gasteiger partial charge in [0.15, 0.2) is 17.7 Å². The standard InChI is InChI=1S/C13H11ClN2O2/c1-16-12(14)7-15-13(16)11-6-9(17)8-4-2-3-5-10(8)18-11/h2-5,7,11H,6H2,1H3/t11-/m0/s1. The van der Waals surface area contributed by atoms with Crippen LogP contribution in [-0.4, -0.2) is 15.3 Å². The van der Waals surface area contributed by atoms with Gasteiger partial charge >= 0.3 is 0 Å². The Kier molecular flexibility index (Phi) is 2.59. The number of rotatable bonds is 1. The largest absolute Gasteiger partial charge is 0.481 e. The molecule has 1 atom stereocenters. The van der Waals surface area contributed by atoms with E-state index >= 15 is 0 Å². The summed E-state index contributed by atoms with van der Waals surface area (Å²) >= 11 is 5.95. The van der Waals surface area contributed by atoms with Gasteiger partial charge in [-0.05, 0) is 12.1 Å². The van der Waals surface area contributed by atoms with Crippen LogP contribution in [0.2, 0.25) is 5.15 Å². The Bertz CT molecular complexity index is 621. The fourth-order valence-corrected chi connectivity index (χ4v) is 2.25. The van der Waals surface area contributed by atoms with Gasteiger partial charge in [-0.25, -0.2) is 4.98 Å². The maximum absolute atomic E-state index is 12.0. The predicted octanol–water partition coefficient (Wildman–Crippen LogP) is 2.78. The highest BCUT2D eigenvalue weighted by Crippen LogP contribution is 2.34. The average molecular weight is 263 g/mol. The lowest BCUT2D eigenvalue weighted by atomic mass is 10.0. The van der Waals surface area contributed by atoms with Crippen molar-refractivity contribution in [3.8, 4) is 5.75 Å². The van der Waals surface area contributed by atoms with E-state index in [-0.39, 0.29) is 18.3 Å². The molecule has 18 heavy (non-hydrogen) atoms. The molecule has 2 heterocycles. The lowest BCUT2D eigenvalue weighted by molar-refractivity contribution is 0.0835. The third-order valence-electron chi connectivity index (χ3n) is 3.08. The summed E-state index contributed by atoms with van der Waals surface area (Å²) in [5, 5.41) is 0.528. The second-order valence-corrected chi connectivity index (χ2v) is 4.62. The van der Waals surface area contributed by atoms with Crippen LogP contribution in [0.3, 0.4) is 0 Å². The predicted molar refractivity (Wildman–Crippen MR) is 67.0 cm³/mol. The number of fused-ring (bicyclic) bond motifs is 1. The summed E-state index contributed by atoms with van der Waals surface area (Å²) < 4.78 is 7.55. The number of hydrogen-bond donors (Lipinski definition) is 0. The summed E-state index contributed by atoms with van der Waals surface area (Å²) in [6.07, 6.45) is 1.48. The van der Waals surface area contributed by atoms with Gasteiger partial charge in [-0.3, -0.25) is 4.79 Å². The molecule has 92 valence electrons. The summed E-state index contributed by atoms with van der Waals surface area (Å²) in [6, 6.07) is 7.25. The SMILES string of the molecule is Cn1c(Cl)cnc1[C@@H]1CC(=O)c2ccccc2O1. The number of carbonyl (C=O) groups excluding carboxylic acids is 1. The number of hydrogen-bond acceptors (Lipinski definition) is 3. The van der Waals surface area contributed by atoms with Gasteiger partial charge in [0.2, 0.25) is 0 Å². The van der Waals surface area contributed by atoms with Crippen molar-refractivity contribution in [1.82, 2.24) is 9.55 Å². The van der Waals surface area contributed by atoms with Crippen LogP contribution in [0, 0.1) is 0 Å². The van der Waals surface area contributed by atoms with Crippen LogP contribution < -0.4 is 4.74 Å². The Hall–Kier alpha value is -1.81. The molecule has 0 fully saturated rings. The first-order valence-corrected chi connectivity index (χ1v) is 6.00. The topological polar surface area (TPSA) is 44.1 Å². The van der Waals surface area contributed by atoms with E-state index in [4.69, 9.17) is 16.3 Å². The molecule has 2 aromatic rings. The van der Waals surface area contributed by atoms with Gasteiger partial charge in [0.05, 0.1) is 18.2 Å². The van der Waals surface area contributed by atoms with Gasteiger partial charge in [0.25, 0.3) is 0 Å². The van der Waals surface area contributed by atoms with Crippen LogP contribution in [0.4, 0.5) is 0 Å². The Labute approximate surface area is 109 Å². The van der Waals surface area contributed by atoms with Crippen molar-refractivity contribution in [3.63, 3.8) is 0 Å². The van der Waals surface area contributed by atoms with Crippen molar-refractivity contribution in [1.29, 1.82) is 0 Å². The van der Waals surface area contributed by atoms with Crippen LogP contribution in [0.25, 0.3) is 0 Å². The fourth-order valence-electron chi connectivity index (χ4n) is 2.12. The molecule has 1 aromatic carbocycles. The van der Waals surface area contributed by atoms with Crippen molar-refractivity contribution in [2.24, 2.45) is 7.05 Å². The number of aromatic nitrogens is 2. The third kappa shape index (κ3) is 1.69. The molecule has 0 saturated heterocycles. The van der Waals surface area contributed by atoms with Crippen LogP contribution in [0.15, 0.2) is 30.5 Å². The molecule has 1 aromatic heterocycles. The Morgan fingerprint density at radius 3 is 2.94 bits per heavy atom. The molecule has 0 aliphatic carbocycles. The highest BCUT2D eigenvalue weighted by molar-refractivity contribution is 6.29. The smallest absolute Gasteiger partial charge is 0.170 e. The van der Waals surface area contributed by atoms with Gasteiger partial charge < -0.3 is 9.30 Å². The highest BCUT2D eigenvalue weighted by atomic mass is 35.5. The summed E-state index contributed by atoms with van der Waals surface area (Å²) in [5.74, 6) is 1.35. The van der Waals surface area contributed by atoms with Gasteiger partial charge in [-0.1, -0.05) is 23.7 Å². The first kappa shape index (κ1) is 11.3. The third-order valence-corrected chi connectivity index (χ3v) is 3.43. The zero-order valence-corrected chi connectivity index (χ0v) is 10.5.